The van der Waals surface area contributed by atoms with Gasteiger partial charge < -0.3 is 5.11 Å². The van der Waals surface area contributed by atoms with Gasteiger partial charge in [0.15, 0.2) is 0 Å². The molecule has 0 fully saturated rings. The summed E-state index contributed by atoms with van der Waals surface area (Å²) in [4.78, 5) is 0. The number of aliphatic hydroxyl groups is 1. The summed E-state index contributed by atoms with van der Waals surface area (Å²) < 4.78 is 0. The van der Waals surface area contributed by atoms with Crippen molar-refractivity contribution >= 4 is 0 Å². The van der Waals surface area contributed by atoms with Crippen molar-refractivity contribution in [1.29, 1.82) is 5.26 Å². The van der Waals surface area contributed by atoms with Crippen LogP contribution in [0.4, 0.5) is 0 Å². The van der Waals surface area contributed by atoms with E-state index < -0.39 is 6.10 Å². The molecule has 0 aliphatic carbocycles. The number of rotatable bonds is 2. The van der Waals surface area contributed by atoms with Gasteiger partial charge in [-0.15, -0.1) is 0 Å². The first-order valence-corrected chi connectivity index (χ1v) is 5.04. The Hall–Kier alpha value is -2.11. The topological polar surface area (TPSA) is 44.0 Å². The van der Waals surface area contributed by atoms with E-state index in [-0.39, 0.29) is 0 Å². The van der Waals surface area contributed by atoms with Crippen LogP contribution in [0.3, 0.4) is 0 Å². The monoisotopic (exact) mass is 209 g/mol. The highest BCUT2D eigenvalue weighted by Gasteiger charge is 2.08. The summed E-state index contributed by atoms with van der Waals surface area (Å²) in [5.74, 6) is 0. The molecule has 1 atom stereocenters. The summed E-state index contributed by atoms with van der Waals surface area (Å²) in [7, 11) is 0. The Morgan fingerprint density at radius 2 is 1.44 bits per heavy atom. The molecule has 0 aliphatic heterocycles. The predicted octanol–water partition coefficient (Wildman–Crippen LogP) is 2.64. The van der Waals surface area contributed by atoms with Crippen molar-refractivity contribution in [3.05, 3.63) is 71.3 Å². The number of hydrogen-bond acceptors (Lipinski definition) is 2. The van der Waals surface area contributed by atoms with Crippen LogP contribution in [0.25, 0.3) is 0 Å². The second-order valence-electron chi connectivity index (χ2n) is 3.55. The summed E-state index contributed by atoms with van der Waals surface area (Å²) in [5.41, 5.74) is 2.25. The van der Waals surface area contributed by atoms with Gasteiger partial charge in [0.1, 0.15) is 6.10 Å². The predicted molar refractivity (Wildman–Crippen MR) is 61.7 cm³/mol. The van der Waals surface area contributed by atoms with Crippen LogP contribution in [0.1, 0.15) is 22.8 Å². The minimum Gasteiger partial charge on any atom is -0.384 e. The fourth-order valence-corrected chi connectivity index (χ4v) is 1.57. The molecule has 0 saturated heterocycles. The molecule has 2 aromatic carbocycles. The zero-order chi connectivity index (χ0) is 11.4. The van der Waals surface area contributed by atoms with Crippen molar-refractivity contribution in [2.24, 2.45) is 0 Å². The van der Waals surface area contributed by atoms with Crippen LogP contribution >= 0.6 is 0 Å². The lowest BCUT2D eigenvalue weighted by Gasteiger charge is -2.10. The van der Waals surface area contributed by atoms with E-state index in [1.165, 1.54) is 0 Å². The van der Waals surface area contributed by atoms with E-state index in [9.17, 15) is 5.11 Å². The van der Waals surface area contributed by atoms with Crippen molar-refractivity contribution in [1.82, 2.24) is 0 Å². The van der Waals surface area contributed by atoms with E-state index in [1.54, 1.807) is 24.3 Å². The second kappa shape index (κ2) is 4.61. The largest absolute Gasteiger partial charge is 0.384 e. The number of hydrogen-bond donors (Lipinski definition) is 1. The van der Waals surface area contributed by atoms with E-state index in [4.69, 9.17) is 5.26 Å². The maximum absolute atomic E-state index is 10.1. The van der Waals surface area contributed by atoms with Gasteiger partial charge in [-0.1, -0.05) is 42.5 Å². The summed E-state index contributed by atoms with van der Waals surface area (Å²) in [6, 6.07) is 18.5. The molecule has 78 valence electrons. The Labute approximate surface area is 94.4 Å². The normalized spacial score (nSPS) is 11.8. The van der Waals surface area contributed by atoms with Crippen molar-refractivity contribution in [2.75, 3.05) is 0 Å². The molecule has 0 radical (unpaired) electrons. The highest BCUT2D eigenvalue weighted by atomic mass is 16.3. The van der Waals surface area contributed by atoms with E-state index in [0.29, 0.717) is 5.56 Å². The molecule has 0 saturated carbocycles. The SMILES string of the molecule is N#Cc1ccc(C(O)c2ccccc2)cc1. The van der Waals surface area contributed by atoms with Gasteiger partial charge >= 0.3 is 0 Å². The zero-order valence-electron chi connectivity index (χ0n) is 8.67. The Bertz CT molecular complexity index is 497. The molecule has 0 aliphatic rings. The lowest BCUT2D eigenvalue weighted by atomic mass is 10.0. The van der Waals surface area contributed by atoms with Gasteiger partial charge in [0, 0.05) is 0 Å². The molecule has 0 aromatic heterocycles. The van der Waals surface area contributed by atoms with Gasteiger partial charge in [-0.2, -0.15) is 5.26 Å². The summed E-state index contributed by atoms with van der Waals surface area (Å²) in [6.45, 7) is 0. The van der Waals surface area contributed by atoms with Crippen molar-refractivity contribution in [3.8, 4) is 6.07 Å². The summed E-state index contributed by atoms with van der Waals surface area (Å²) in [6.07, 6.45) is -0.631. The Balaban J connectivity index is 2.28. The smallest absolute Gasteiger partial charge is 0.104 e. The first kappa shape index (κ1) is 10.4. The number of nitrogens with zero attached hydrogens (tertiary/aromatic N) is 1. The molecule has 0 bridgehead atoms. The van der Waals surface area contributed by atoms with E-state index in [0.717, 1.165) is 11.1 Å². The molecule has 2 nitrogen and oxygen atoms in total. The first-order chi connectivity index (χ1) is 7.81. The zero-order valence-corrected chi connectivity index (χ0v) is 8.67. The Morgan fingerprint density at radius 1 is 0.875 bits per heavy atom. The molecule has 1 unspecified atom stereocenters. The lowest BCUT2D eigenvalue weighted by molar-refractivity contribution is 0.220. The average molecular weight is 209 g/mol. The van der Waals surface area contributed by atoms with Crippen molar-refractivity contribution in [2.45, 2.75) is 6.10 Å². The number of nitriles is 1. The molecule has 2 heteroatoms. The molecule has 0 amide bonds. The van der Waals surface area contributed by atoms with E-state index in [2.05, 4.69) is 6.07 Å². The number of benzene rings is 2. The average Bonchev–Trinajstić information content (AvgIpc) is 2.39. The fraction of sp³-hybridized carbons (Fsp3) is 0.0714. The van der Waals surface area contributed by atoms with Crippen LogP contribution in [0.5, 0.6) is 0 Å². The van der Waals surface area contributed by atoms with Gasteiger partial charge in [-0.3, -0.25) is 0 Å². The van der Waals surface area contributed by atoms with Crippen LogP contribution in [-0.2, 0) is 0 Å². The molecule has 1 N–H and O–H groups in total. The minimum atomic E-state index is -0.631. The quantitative estimate of drug-likeness (QED) is 0.826. The minimum absolute atomic E-state index is 0.601. The third-order valence-corrected chi connectivity index (χ3v) is 2.47. The molecular weight excluding hydrogens is 198 g/mol. The first-order valence-electron chi connectivity index (χ1n) is 5.04. The van der Waals surface area contributed by atoms with Gasteiger partial charge in [0.2, 0.25) is 0 Å². The molecule has 16 heavy (non-hydrogen) atoms. The molecule has 0 heterocycles. The highest BCUT2D eigenvalue weighted by Crippen LogP contribution is 2.21. The van der Waals surface area contributed by atoms with Gasteiger partial charge in [0.05, 0.1) is 11.6 Å². The highest BCUT2D eigenvalue weighted by molar-refractivity contribution is 5.35. The second-order valence-corrected chi connectivity index (χ2v) is 3.55. The number of aliphatic hydroxyl groups excluding tert-OH is 1. The van der Waals surface area contributed by atoms with Crippen molar-refractivity contribution in [3.63, 3.8) is 0 Å². The fourth-order valence-electron chi connectivity index (χ4n) is 1.57. The van der Waals surface area contributed by atoms with E-state index >= 15 is 0 Å². The van der Waals surface area contributed by atoms with Crippen LogP contribution in [0.15, 0.2) is 54.6 Å². The summed E-state index contributed by atoms with van der Waals surface area (Å²) >= 11 is 0. The van der Waals surface area contributed by atoms with Crippen LogP contribution in [0.2, 0.25) is 0 Å². The third-order valence-electron chi connectivity index (χ3n) is 2.47. The molecule has 2 aromatic rings. The molecule has 2 rings (SSSR count). The molecular formula is C14H11NO. The standard InChI is InChI=1S/C14H11NO/c15-10-11-6-8-13(9-7-11)14(16)12-4-2-1-3-5-12/h1-9,14,16H. The third kappa shape index (κ3) is 2.10. The van der Waals surface area contributed by atoms with Crippen LogP contribution < -0.4 is 0 Å². The van der Waals surface area contributed by atoms with Crippen molar-refractivity contribution < 1.29 is 5.11 Å². The Kier molecular flexibility index (Phi) is 3.00. The van der Waals surface area contributed by atoms with Crippen LogP contribution in [0, 0.1) is 11.3 Å². The lowest BCUT2D eigenvalue weighted by Crippen LogP contribution is -1.98. The van der Waals surface area contributed by atoms with Gasteiger partial charge in [0.25, 0.3) is 0 Å². The maximum atomic E-state index is 10.1. The maximum Gasteiger partial charge on any atom is 0.104 e. The molecule has 0 spiro atoms. The van der Waals surface area contributed by atoms with E-state index in [1.807, 2.05) is 30.3 Å². The van der Waals surface area contributed by atoms with Crippen LogP contribution in [-0.4, -0.2) is 5.11 Å². The van der Waals surface area contributed by atoms with Gasteiger partial charge in [-0.25, -0.2) is 0 Å². The Morgan fingerprint density at radius 3 is 2.00 bits per heavy atom. The van der Waals surface area contributed by atoms with Gasteiger partial charge in [-0.05, 0) is 23.3 Å². The summed E-state index contributed by atoms with van der Waals surface area (Å²) in [5, 5.41) is 18.7.